The molecule has 4 aromatic rings. The third-order valence-electron chi connectivity index (χ3n) is 12.2. The number of carbonyl (C=O) groups is 6. The van der Waals surface area contributed by atoms with Gasteiger partial charge in [0, 0.05) is 68.7 Å². The van der Waals surface area contributed by atoms with Crippen molar-refractivity contribution in [2.75, 3.05) is 54.4 Å². The predicted octanol–water partition coefficient (Wildman–Crippen LogP) is 3.16. The highest BCUT2D eigenvalue weighted by Gasteiger charge is 2.45. The Kier molecular flexibility index (Phi) is 10.3. The van der Waals surface area contributed by atoms with Gasteiger partial charge in [0.25, 0.3) is 24.1 Å². The van der Waals surface area contributed by atoms with Crippen molar-refractivity contribution >= 4 is 64.0 Å². The highest BCUT2D eigenvalue weighted by atomic mass is 19.3. The van der Waals surface area contributed by atoms with Crippen LogP contribution in [0.3, 0.4) is 0 Å². The predicted molar refractivity (Wildman–Crippen MR) is 210 cm³/mol. The zero-order chi connectivity index (χ0) is 42.7. The van der Waals surface area contributed by atoms with Gasteiger partial charge < -0.3 is 25.4 Å². The Morgan fingerprint density at radius 2 is 1.69 bits per heavy atom. The summed E-state index contributed by atoms with van der Waals surface area (Å²) >= 11 is 0. The van der Waals surface area contributed by atoms with E-state index in [4.69, 9.17) is 5.41 Å². The second-order valence-corrected chi connectivity index (χ2v) is 16.1. The SMILES string of the molecule is N=C1C[C@@H](F)CN(c2ccn3ncc(C(=O)Nc4cn(C5CCC(C(=O)N6CCN(c7ccc8c(c7)C(=O)N(C7CCC(=O)NC7=O)C8=O)CC6)CC5)nc4C(F)F)c3n2)C1. The van der Waals surface area contributed by atoms with Gasteiger partial charge >= 0.3 is 0 Å². The lowest BCUT2D eigenvalue weighted by Gasteiger charge is -2.39. The van der Waals surface area contributed by atoms with Crippen molar-refractivity contribution in [3.8, 4) is 0 Å². The summed E-state index contributed by atoms with van der Waals surface area (Å²) in [4.78, 5) is 88.5. The standard InChI is InChI=1S/C40H41F3N12O6/c41-22-15-23(44)19-52(18-22)31-9-10-53-35(47-31)28(17-45-53)36(57)46-29-20-54(49-33(29)34(42)43)24-3-1-21(2-4-24)38(59)51-13-11-50(12-14-51)25-5-6-26-27(16-25)40(61)55(39(26)60)30-7-8-32(56)48-37(30)58/h5-6,9-10,16-17,20-22,24,30,34,44H,1-4,7-8,11-15,18-19H2,(H,46,57)(H,48,56,58)/t21?,22-,24?,30?/m1/s1. The maximum atomic E-state index is 14.3. The Morgan fingerprint density at radius 1 is 0.934 bits per heavy atom. The average Bonchev–Trinajstić information content (AvgIpc) is 3.94. The van der Waals surface area contributed by atoms with E-state index in [0.29, 0.717) is 63.4 Å². The molecular weight excluding hydrogens is 802 g/mol. The molecule has 5 aliphatic rings. The van der Waals surface area contributed by atoms with Gasteiger partial charge in [0.1, 0.15) is 23.6 Å². The van der Waals surface area contributed by atoms with Gasteiger partial charge in [-0.25, -0.2) is 22.7 Å². The first kappa shape index (κ1) is 39.8. The number of piperazine rings is 1. The number of alkyl halides is 3. The van der Waals surface area contributed by atoms with E-state index < -0.39 is 53.9 Å². The monoisotopic (exact) mass is 842 g/mol. The first-order valence-corrected chi connectivity index (χ1v) is 20.2. The molecule has 61 heavy (non-hydrogen) atoms. The van der Waals surface area contributed by atoms with Gasteiger partial charge in [-0.05, 0) is 56.4 Å². The summed E-state index contributed by atoms with van der Waals surface area (Å²) < 4.78 is 45.5. The summed E-state index contributed by atoms with van der Waals surface area (Å²) in [7, 11) is 0. The van der Waals surface area contributed by atoms with Crippen LogP contribution in [-0.2, 0) is 14.4 Å². The summed E-state index contributed by atoms with van der Waals surface area (Å²) in [6.45, 7) is 2.04. The molecule has 3 aromatic heterocycles. The molecule has 4 fully saturated rings. The fourth-order valence-corrected chi connectivity index (χ4v) is 9.03. The molecule has 1 aromatic carbocycles. The number of anilines is 3. The summed E-state index contributed by atoms with van der Waals surface area (Å²) in [6.07, 6.45) is 2.14. The fraction of sp³-hybridized carbons (Fsp3) is 0.450. The minimum atomic E-state index is -2.99. The van der Waals surface area contributed by atoms with Crippen molar-refractivity contribution in [3.05, 3.63) is 65.2 Å². The Labute approximate surface area is 345 Å². The number of aromatic nitrogens is 5. The number of benzene rings is 1. The molecule has 1 unspecified atom stereocenters. The summed E-state index contributed by atoms with van der Waals surface area (Å²) in [5.74, 6) is -2.94. The van der Waals surface area contributed by atoms with Crippen LogP contribution in [-0.4, -0.2) is 127 Å². The highest BCUT2D eigenvalue weighted by Crippen LogP contribution is 2.37. The van der Waals surface area contributed by atoms with Crippen LogP contribution in [0.15, 0.2) is 42.9 Å². The van der Waals surface area contributed by atoms with Gasteiger partial charge in [0.2, 0.25) is 17.7 Å². The lowest BCUT2D eigenvalue weighted by Crippen LogP contribution is -2.54. The summed E-state index contributed by atoms with van der Waals surface area (Å²) in [5.41, 5.74) is 0.681. The van der Waals surface area contributed by atoms with E-state index in [1.165, 1.54) is 21.6 Å². The van der Waals surface area contributed by atoms with Gasteiger partial charge in [-0.2, -0.15) is 10.2 Å². The number of rotatable bonds is 8. The molecule has 18 nitrogen and oxygen atoms in total. The van der Waals surface area contributed by atoms with Crippen LogP contribution in [0, 0.1) is 11.3 Å². The van der Waals surface area contributed by atoms with Crippen LogP contribution in [0.1, 0.15) is 94.2 Å². The summed E-state index contributed by atoms with van der Waals surface area (Å²) in [5, 5.41) is 21.0. The second-order valence-electron chi connectivity index (χ2n) is 16.1. The van der Waals surface area contributed by atoms with Crippen molar-refractivity contribution in [2.45, 2.75) is 69.6 Å². The number of piperidine rings is 2. The first-order chi connectivity index (χ1) is 29.3. The zero-order valence-corrected chi connectivity index (χ0v) is 32.7. The number of carbonyl (C=O) groups excluding carboxylic acids is 6. The minimum Gasteiger partial charge on any atom is -0.368 e. The Bertz CT molecular complexity index is 2490. The Hall–Kier alpha value is -6.67. The molecule has 9 rings (SSSR count). The molecule has 1 aliphatic carbocycles. The van der Waals surface area contributed by atoms with Crippen LogP contribution in [0.5, 0.6) is 0 Å². The van der Waals surface area contributed by atoms with Crippen molar-refractivity contribution in [3.63, 3.8) is 0 Å². The molecule has 3 saturated heterocycles. The molecule has 7 heterocycles. The lowest BCUT2D eigenvalue weighted by atomic mass is 9.85. The maximum Gasteiger partial charge on any atom is 0.284 e. The maximum absolute atomic E-state index is 14.3. The Balaban J connectivity index is 0.800. The number of fused-ring (bicyclic) bond motifs is 2. The van der Waals surface area contributed by atoms with E-state index in [0.717, 1.165) is 4.90 Å². The number of hydrogen-bond acceptors (Lipinski definition) is 12. The first-order valence-electron chi connectivity index (χ1n) is 20.2. The van der Waals surface area contributed by atoms with Gasteiger partial charge in [0.05, 0.1) is 42.1 Å². The van der Waals surface area contributed by atoms with E-state index in [9.17, 15) is 41.9 Å². The number of amides is 6. The molecule has 21 heteroatoms. The average molecular weight is 843 g/mol. The molecule has 0 radical (unpaired) electrons. The molecular formula is C40H41F3N12O6. The van der Waals surface area contributed by atoms with Gasteiger partial charge in [-0.1, -0.05) is 0 Å². The third kappa shape index (κ3) is 7.45. The van der Waals surface area contributed by atoms with E-state index in [1.807, 2.05) is 4.90 Å². The summed E-state index contributed by atoms with van der Waals surface area (Å²) in [6, 6.07) is 5.20. The van der Waals surface area contributed by atoms with Gasteiger partial charge in [-0.3, -0.25) is 43.7 Å². The van der Waals surface area contributed by atoms with Crippen LogP contribution in [0.4, 0.5) is 30.4 Å². The molecule has 4 aliphatic heterocycles. The van der Waals surface area contributed by atoms with Crippen LogP contribution < -0.4 is 20.4 Å². The molecule has 2 atom stereocenters. The molecule has 0 bridgehead atoms. The van der Waals surface area contributed by atoms with E-state index >= 15 is 0 Å². The van der Waals surface area contributed by atoms with Crippen LogP contribution in [0.25, 0.3) is 5.65 Å². The van der Waals surface area contributed by atoms with Crippen LogP contribution in [0.2, 0.25) is 0 Å². The van der Waals surface area contributed by atoms with Crippen molar-refractivity contribution in [1.82, 2.24) is 39.5 Å². The fourth-order valence-electron chi connectivity index (χ4n) is 9.03. The molecule has 6 amide bonds. The largest absolute Gasteiger partial charge is 0.368 e. The number of nitrogens with one attached hydrogen (secondary N) is 3. The van der Waals surface area contributed by atoms with E-state index in [1.54, 1.807) is 40.3 Å². The number of hydrogen-bond donors (Lipinski definition) is 3. The van der Waals surface area contributed by atoms with Gasteiger partial charge in [0.15, 0.2) is 11.3 Å². The van der Waals surface area contributed by atoms with E-state index in [-0.39, 0.29) is 84.0 Å². The molecule has 1 saturated carbocycles. The smallest absolute Gasteiger partial charge is 0.284 e. The van der Waals surface area contributed by atoms with E-state index in [2.05, 4.69) is 25.8 Å². The normalized spacial score (nSPS) is 23.6. The van der Waals surface area contributed by atoms with Crippen LogP contribution >= 0.6 is 0 Å². The molecule has 318 valence electrons. The molecule has 3 N–H and O–H groups in total. The topological polar surface area (TPSA) is 211 Å². The molecule has 0 spiro atoms. The highest BCUT2D eigenvalue weighted by molar-refractivity contribution is 6.23. The van der Waals surface area contributed by atoms with Crippen molar-refractivity contribution in [2.24, 2.45) is 5.92 Å². The minimum absolute atomic E-state index is 0.00244. The van der Waals surface area contributed by atoms with Crippen molar-refractivity contribution < 1.29 is 41.9 Å². The lowest BCUT2D eigenvalue weighted by molar-refractivity contribution is -0.137. The third-order valence-corrected chi connectivity index (χ3v) is 12.2. The number of imide groups is 2. The second kappa shape index (κ2) is 15.7. The zero-order valence-electron chi connectivity index (χ0n) is 32.7. The Morgan fingerprint density at radius 3 is 2.41 bits per heavy atom. The van der Waals surface area contributed by atoms with Crippen molar-refractivity contribution in [1.29, 1.82) is 5.41 Å². The van der Waals surface area contributed by atoms with Gasteiger partial charge in [-0.15, -0.1) is 0 Å². The quantitative estimate of drug-likeness (QED) is 0.219. The number of halogens is 3. The number of nitrogens with zero attached hydrogens (tertiary/aromatic N) is 9.